The van der Waals surface area contributed by atoms with Gasteiger partial charge < -0.3 is 15.2 Å². The normalized spacial score (nSPS) is 10.4. The zero-order valence-corrected chi connectivity index (χ0v) is 13.1. The third kappa shape index (κ3) is 2.89. The predicted molar refractivity (Wildman–Crippen MR) is 86.9 cm³/mol. The molecule has 24 heavy (non-hydrogen) atoms. The van der Waals surface area contributed by atoms with E-state index in [1.807, 2.05) is 0 Å². The van der Waals surface area contributed by atoms with Gasteiger partial charge in [0.05, 0.1) is 19.8 Å². The fraction of sp³-hybridized carbons (Fsp3) is 0.125. The summed E-state index contributed by atoms with van der Waals surface area (Å²) >= 11 is 0. The molecule has 0 radical (unpaired) electrons. The molecule has 0 bridgehead atoms. The van der Waals surface area contributed by atoms with Crippen LogP contribution in [0.15, 0.2) is 42.5 Å². The molecule has 0 saturated heterocycles. The van der Waals surface area contributed by atoms with E-state index in [1.165, 1.54) is 11.9 Å². The summed E-state index contributed by atoms with van der Waals surface area (Å²) in [5.74, 6) is 0.565. The molecular weight excluding hydrogens is 310 g/mol. The summed E-state index contributed by atoms with van der Waals surface area (Å²) < 4.78 is 9.96. The molecule has 122 valence electrons. The third-order valence-corrected chi connectivity index (χ3v) is 3.40. The molecule has 2 N–H and O–H groups in total. The Morgan fingerprint density at radius 1 is 1.12 bits per heavy atom. The molecular formula is C16H15N5O3. The van der Waals surface area contributed by atoms with Crippen molar-refractivity contribution in [3.63, 3.8) is 0 Å². The molecule has 3 aromatic rings. The molecule has 0 spiro atoms. The zero-order chi connectivity index (χ0) is 17.1. The van der Waals surface area contributed by atoms with Gasteiger partial charge in [0.1, 0.15) is 11.4 Å². The van der Waals surface area contributed by atoms with Gasteiger partial charge in [-0.1, -0.05) is 12.1 Å². The molecule has 1 aromatic heterocycles. The van der Waals surface area contributed by atoms with Crippen molar-refractivity contribution in [3.05, 3.63) is 48.0 Å². The molecule has 0 unspecified atom stereocenters. The van der Waals surface area contributed by atoms with E-state index in [4.69, 9.17) is 10.5 Å². The number of anilines is 1. The molecule has 0 saturated carbocycles. The molecule has 0 fully saturated rings. The number of tetrazole rings is 1. The van der Waals surface area contributed by atoms with Gasteiger partial charge >= 0.3 is 5.97 Å². The fourth-order valence-corrected chi connectivity index (χ4v) is 2.16. The molecule has 2 aromatic carbocycles. The number of hydrogen-bond donors (Lipinski definition) is 1. The predicted octanol–water partition coefficient (Wildman–Crippen LogP) is 1.71. The summed E-state index contributed by atoms with van der Waals surface area (Å²) in [6.07, 6.45) is 0. The number of ether oxygens (including phenoxy) is 2. The van der Waals surface area contributed by atoms with Crippen molar-refractivity contribution < 1.29 is 14.3 Å². The Bertz CT molecular complexity index is 874. The zero-order valence-electron chi connectivity index (χ0n) is 13.1. The lowest BCUT2D eigenvalue weighted by molar-refractivity contribution is 0.0601. The van der Waals surface area contributed by atoms with Crippen molar-refractivity contribution in [1.82, 2.24) is 20.2 Å². The summed E-state index contributed by atoms with van der Waals surface area (Å²) in [5.41, 5.74) is 8.12. The molecule has 1 heterocycles. The average molecular weight is 325 g/mol. The van der Waals surface area contributed by atoms with Crippen LogP contribution in [0.2, 0.25) is 0 Å². The van der Waals surface area contributed by atoms with E-state index in [-0.39, 0.29) is 0 Å². The standard InChI is InChI=1S/C16H15N5O3/c1-23-14-9-12(17)7-8-13(14)21-19-15(18-20-21)10-3-5-11(6-4-10)16(22)24-2/h3-9H,17H2,1-2H3. The number of carbonyl (C=O) groups is 1. The van der Waals surface area contributed by atoms with Crippen LogP contribution in [-0.4, -0.2) is 40.4 Å². The summed E-state index contributed by atoms with van der Waals surface area (Å²) in [4.78, 5) is 12.8. The molecule has 8 nitrogen and oxygen atoms in total. The van der Waals surface area contributed by atoms with Gasteiger partial charge in [-0.25, -0.2) is 4.79 Å². The van der Waals surface area contributed by atoms with E-state index < -0.39 is 5.97 Å². The second kappa shape index (κ2) is 6.37. The van der Waals surface area contributed by atoms with Crippen molar-refractivity contribution in [2.24, 2.45) is 0 Å². The maximum atomic E-state index is 11.5. The monoisotopic (exact) mass is 325 g/mol. The first-order chi connectivity index (χ1) is 11.6. The van der Waals surface area contributed by atoms with Crippen LogP contribution < -0.4 is 10.5 Å². The lowest BCUT2D eigenvalue weighted by atomic mass is 10.1. The maximum absolute atomic E-state index is 11.5. The number of nitrogens with two attached hydrogens (primary N) is 1. The molecule has 0 aliphatic heterocycles. The number of nitrogen functional groups attached to an aromatic ring is 1. The van der Waals surface area contributed by atoms with Crippen LogP contribution >= 0.6 is 0 Å². The molecule has 0 amide bonds. The van der Waals surface area contributed by atoms with Crippen molar-refractivity contribution in [2.75, 3.05) is 20.0 Å². The number of hydrogen-bond acceptors (Lipinski definition) is 7. The fourth-order valence-electron chi connectivity index (χ4n) is 2.16. The second-order valence-corrected chi connectivity index (χ2v) is 4.90. The van der Waals surface area contributed by atoms with Gasteiger partial charge in [0.2, 0.25) is 5.82 Å². The molecule has 8 heteroatoms. The summed E-state index contributed by atoms with van der Waals surface area (Å²) in [6.45, 7) is 0. The van der Waals surface area contributed by atoms with Crippen LogP contribution in [0.3, 0.4) is 0 Å². The van der Waals surface area contributed by atoms with Crippen LogP contribution in [0, 0.1) is 0 Å². The summed E-state index contributed by atoms with van der Waals surface area (Å²) in [7, 11) is 2.88. The van der Waals surface area contributed by atoms with Crippen LogP contribution in [0.25, 0.3) is 17.1 Å². The highest BCUT2D eigenvalue weighted by Gasteiger charge is 2.12. The number of rotatable bonds is 4. The van der Waals surface area contributed by atoms with Gasteiger partial charge in [0, 0.05) is 17.3 Å². The Hall–Kier alpha value is -3.42. The minimum absolute atomic E-state index is 0.398. The quantitative estimate of drug-likeness (QED) is 0.575. The topological polar surface area (TPSA) is 105 Å². The van der Waals surface area contributed by atoms with Gasteiger partial charge in [-0.2, -0.15) is 0 Å². The van der Waals surface area contributed by atoms with Gasteiger partial charge in [0.15, 0.2) is 0 Å². The van der Waals surface area contributed by atoms with Crippen LogP contribution in [0.4, 0.5) is 5.69 Å². The minimum atomic E-state index is -0.398. The van der Waals surface area contributed by atoms with Gasteiger partial charge in [-0.3, -0.25) is 0 Å². The first-order valence-corrected chi connectivity index (χ1v) is 7.05. The number of esters is 1. The van der Waals surface area contributed by atoms with Crippen LogP contribution in [0.5, 0.6) is 5.75 Å². The van der Waals surface area contributed by atoms with Crippen molar-refractivity contribution in [2.45, 2.75) is 0 Å². The summed E-state index contributed by atoms with van der Waals surface area (Å²) in [6, 6.07) is 11.9. The average Bonchev–Trinajstić information content (AvgIpc) is 3.10. The molecule has 3 rings (SSSR count). The van der Waals surface area contributed by atoms with Gasteiger partial charge in [-0.15, -0.1) is 15.0 Å². The molecule has 0 aliphatic carbocycles. The van der Waals surface area contributed by atoms with Crippen LogP contribution in [-0.2, 0) is 4.74 Å². The third-order valence-electron chi connectivity index (χ3n) is 3.40. The first-order valence-electron chi connectivity index (χ1n) is 7.05. The minimum Gasteiger partial charge on any atom is -0.494 e. The highest BCUT2D eigenvalue weighted by molar-refractivity contribution is 5.89. The van der Waals surface area contributed by atoms with Crippen LogP contribution in [0.1, 0.15) is 10.4 Å². The second-order valence-electron chi connectivity index (χ2n) is 4.90. The van der Waals surface area contributed by atoms with Gasteiger partial charge in [-0.05, 0) is 29.5 Å². The Kier molecular flexibility index (Phi) is 4.11. The number of methoxy groups -OCH3 is 2. The van der Waals surface area contributed by atoms with Crippen molar-refractivity contribution >= 4 is 11.7 Å². The van der Waals surface area contributed by atoms with E-state index in [1.54, 1.807) is 49.6 Å². The van der Waals surface area contributed by atoms with E-state index in [0.717, 1.165) is 5.56 Å². The highest BCUT2D eigenvalue weighted by Crippen LogP contribution is 2.25. The van der Waals surface area contributed by atoms with Crippen molar-refractivity contribution in [1.29, 1.82) is 0 Å². The Morgan fingerprint density at radius 2 is 1.88 bits per heavy atom. The molecule has 0 aliphatic rings. The van der Waals surface area contributed by atoms with E-state index in [9.17, 15) is 4.79 Å². The highest BCUT2D eigenvalue weighted by atomic mass is 16.5. The Balaban J connectivity index is 1.92. The van der Waals surface area contributed by atoms with Crippen molar-refractivity contribution in [3.8, 4) is 22.8 Å². The maximum Gasteiger partial charge on any atom is 0.337 e. The Morgan fingerprint density at radius 3 is 2.54 bits per heavy atom. The largest absolute Gasteiger partial charge is 0.494 e. The Labute approximate surface area is 137 Å². The van der Waals surface area contributed by atoms with E-state index in [2.05, 4.69) is 20.1 Å². The number of nitrogens with zero attached hydrogens (tertiary/aromatic N) is 4. The number of carbonyl (C=O) groups excluding carboxylic acids is 1. The SMILES string of the molecule is COC(=O)c1ccc(-c2nnn(-c3ccc(N)cc3OC)n2)cc1. The first kappa shape index (κ1) is 15.5. The lowest BCUT2D eigenvalue weighted by Crippen LogP contribution is -2.03. The molecule has 0 atom stereocenters. The number of aromatic nitrogens is 4. The lowest BCUT2D eigenvalue weighted by Gasteiger charge is -2.07. The smallest absolute Gasteiger partial charge is 0.337 e. The van der Waals surface area contributed by atoms with E-state index >= 15 is 0 Å². The van der Waals surface area contributed by atoms with Gasteiger partial charge in [0.25, 0.3) is 0 Å². The number of benzene rings is 2. The van der Waals surface area contributed by atoms with E-state index in [0.29, 0.717) is 28.5 Å². The summed E-state index contributed by atoms with van der Waals surface area (Å²) in [5, 5.41) is 12.4.